The van der Waals surface area contributed by atoms with Gasteiger partial charge in [-0.15, -0.1) is 0 Å². The van der Waals surface area contributed by atoms with Crippen LogP contribution in [0, 0.1) is 0 Å². The average molecular weight is 448 g/mol. The van der Waals surface area contributed by atoms with Gasteiger partial charge in [-0.2, -0.15) is 0 Å². The van der Waals surface area contributed by atoms with Gasteiger partial charge in [-0.1, -0.05) is 18.6 Å². The molecule has 2 saturated heterocycles. The molecule has 3 aliphatic rings. The molecule has 2 aromatic carbocycles. The molecule has 1 amide bonds. The minimum Gasteiger partial charge on any atom is -0.494 e. The highest BCUT2D eigenvalue weighted by Gasteiger charge is 2.26. The SMILES string of the molecule is O=C(c1cccc2c1CCC2)N1CCN(c2ccc(OCCCN3CCCCC3)cc2)CC1. The Morgan fingerprint density at radius 3 is 2.39 bits per heavy atom. The Morgan fingerprint density at radius 1 is 0.818 bits per heavy atom. The average Bonchev–Trinajstić information content (AvgIpc) is 3.37. The van der Waals surface area contributed by atoms with Gasteiger partial charge in [0.05, 0.1) is 6.61 Å². The van der Waals surface area contributed by atoms with Crippen LogP contribution in [-0.4, -0.2) is 68.1 Å². The van der Waals surface area contributed by atoms with Crippen LogP contribution in [0.3, 0.4) is 0 Å². The number of piperidine rings is 1. The highest BCUT2D eigenvalue weighted by Crippen LogP contribution is 2.27. The predicted octanol–water partition coefficient (Wildman–Crippen LogP) is 4.39. The number of aryl methyl sites for hydroxylation is 1. The Hall–Kier alpha value is -2.53. The second kappa shape index (κ2) is 10.6. The van der Waals surface area contributed by atoms with Gasteiger partial charge in [0.25, 0.3) is 5.91 Å². The van der Waals surface area contributed by atoms with Crippen molar-refractivity contribution in [1.29, 1.82) is 0 Å². The zero-order valence-electron chi connectivity index (χ0n) is 19.8. The first-order chi connectivity index (χ1) is 16.3. The van der Waals surface area contributed by atoms with E-state index in [4.69, 9.17) is 4.74 Å². The molecule has 1 aliphatic carbocycles. The van der Waals surface area contributed by atoms with E-state index in [-0.39, 0.29) is 5.91 Å². The van der Waals surface area contributed by atoms with Crippen molar-refractivity contribution in [3.8, 4) is 5.75 Å². The van der Waals surface area contributed by atoms with Crippen molar-refractivity contribution < 1.29 is 9.53 Å². The molecule has 5 nitrogen and oxygen atoms in total. The van der Waals surface area contributed by atoms with E-state index in [1.165, 1.54) is 55.6 Å². The Labute approximate surface area is 198 Å². The first-order valence-corrected chi connectivity index (χ1v) is 12.9. The van der Waals surface area contributed by atoms with Gasteiger partial charge in [0, 0.05) is 44.0 Å². The number of piperazine rings is 1. The first-order valence-electron chi connectivity index (χ1n) is 12.9. The zero-order chi connectivity index (χ0) is 22.5. The summed E-state index contributed by atoms with van der Waals surface area (Å²) >= 11 is 0. The van der Waals surface area contributed by atoms with Crippen LogP contribution >= 0.6 is 0 Å². The van der Waals surface area contributed by atoms with Crippen LogP contribution in [0.15, 0.2) is 42.5 Å². The lowest BCUT2D eigenvalue weighted by Crippen LogP contribution is -2.49. The van der Waals surface area contributed by atoms with Gasteiger partial charge in [0.2, 0.25) is 0 Å². The molecule has 0 spiro atoms. The summed E-state index contributed by atoms with van der Waals surface area (Å²) in [4.78, 5) is 20.1. The van der Waals surface area contributed by atoms with Crippen LogP contribution < -0.4 is 9.64 Å². The number of amides is 1. The molecule has 0 saturated carbocycles. The molecule has 0 atom stereocenters. The lowest BCUT2D eigenvalue weighted by Gasteiger charge is -2.36. The number of benzene rings is 2. The van der Waals surface area contributed by atoms with Gasteiger partial charge < -0.3 is 19.4 Å². The van der Waals surface area contributed by atoms with Gasteiger partial charge in [0.1, 0.15) is 5.75 Å². The van der Waals surface area contributed by atoms with Crippen molar-refractivity contribution in [1.82, 2.24) is 9.80 Å². The number of hydrogen-bond acceptors (Lipinski definition) is 4. The fourth-order valence-corrected chi connectivity index (χ4v) is 5.57. The summed E-state index contributed by atoms with van der Waals surface area (Å²) in [5.41, 5.74) is 4.80. The van der Waals surface area contributed by atoms with E-state index in [0.29, 0.717) is 0 Å². The predicted molar refractivity (Wildman–Crippen MR) is 133 cm³/mol. The second-order valence-electron chi connectivity index (χ2n) is 9.67. The molecular weight excluding hydrogens is 410 g/mol. The number of rotatable bonds is 7. The fraction of sp³-hybridized carbons (Fsp3) is 0.536. The summed E-state index contributed by atoms with van der Waals surface area (Å²) in [6.45, 7) is 7.72. The third-order valence-electron chi connectivity index (χ3n) is 7.48. The minimum atomic E-state index is 0.210. The molecule has 2 aliphatic heterocycles. The summed E-state index contributed by atoms with van der Waals surface area (Å²) in [5, 5.41) is 0. The van der Waals surface area contributed by atoms with Gasteiger partial charge >= 0.3 is 0 Å². The van der Waals surface area contributed by atoms with Crippen molar-refractivity contribution in [2.45, 2.75) is 44.9 Å². The highest BCUT2D eigenvalue weighted by atomic mass is 16.5. The lowest BCUT2D eigenvalue weighted by atomic mass is 10.0. The third-order valence-corrected chi connectivity index (χ3v) is 7.48. The maximum atomic E-state index is 13.2. The van der Waals surface area contributed by atoms with Gasteiger partial charge in [-0.25, -0.2) is 0 Å². The number of fused-ring (bicyclic) bond motifs is 1. The van der Waals surface area contributed by atoms with Crippen molar-refractivity contribution in [2.75, 3.05) is 57.3 Å². The van der Waals surface area contributed by atoms with Crippen LogP contribution in [0.2, 0.25) is 0 Å². The number of ether oxygens (including phenoxy) is 1. The molecule has 0 radical (unpaired) electrons. The standard InChI is InChI=1S/C28H37N3O2/c32-28(27-10-5-8-23-7-4-9-26(23)27)31-20-18-30(19-21-31)24-11-13-25(14-12-24)33-22-6-17-29-15-2-1-3-16-29/h5,8,10-14H,1-4,6-7,9,15-22H2. The third kappa shape index (κ3) is 5.35. The Bertz CT molecular complexity index is 929. The minimum absolute atomic E-state index is 0.210. The van der Waals surface area contributed by atoms with Gasteiger partial charge in [0.15, 0.2) is 0 Å². The molecule has 33 heavy (non-hydrogen) atoms. The van der Waals surface area contributed by atoms with E-state index in [1.54, 1.807) is 0 Å². The number of carbonyl (C=O) groups excluding carboxylic acids is 1. The smallest absolute Gasteiger partial charge is 0.254 e. The van der Waals surface area contributed by atoms with E-state index in [0.717, 1.165) is 69.9 Å². The topological polar surface area (TPSA) is 36.0 Å². The molecule has 2 heterocycles. The molecule has 0 aromatic heterocycles. The number of hydrogen-bond donors (Lipinski definition) is 0. The molecule has 0 bridgehead atoms. The Morgan fingerprint density at radius 2 is 1.61 bits per heavy atom. The quantitative estimate of drug-likeness (QED) is 0.590. The molecule has 176 valence electrons. The Balaban J connectivity index is 1.08. The molecule has 2 aromatic rings. The highest BCUT2D eigenvalue weighted by molar-refractivity contribution is 5.96. The van der Waals surface area contributed by atoms with E-state index in [9.17, 15) is 4.79 Å². The summed E-state index contributed by atoms with van der Waals surface area (Å²) < 4.78 is 5.98. The number of anilines is 1. The van der Waals surface area contributed by atoms with E-state index >= 15 is 0 Å². The lowest BCUT2D eigenvalue weighted by molar-refractivity contribution is 0.0745. The number of carbonyl (C=O) groups is 1. The summed E-state index contributed by atoms with van der Waals surface area (Å²) in [6.07, 6.45) is 8.50. The van der Waals surface area contributed by atoms with Crippen molar-refractivity contribution in [2.24, 2.45) is 0 Å². The van der Waals surface area contributed by atoms with Crippen molar-refractivity contribution >= 4 is 11.6 Å². The normalized spacial score (nSPS) is 18.9. The van der Waals surface area contributed by atoms with Gasteiger partial charge in [-0.05, 0) is 93.1 Å². The summed E-state index contributed by atoms with van der Waals surface area (Å²) in [7, 11) is 0. The second-order valence-corrected chi connectivity index (χ2v) is 9.67. The van der Waals surface area contributed by atoms with Crippen LogP contribution in [0.4, 0.5) is 5.69 Å². The first kappa shape index (κ1) is 22.3. The zero-order valence-corrected chi connectivity index (χ0v) is 19.8. The summed E-state index contributed by atoms with van der Waals surface area (Å²) in [6, 6.07) is 14.7. The van der Waals surface area contributed by atoms with Gasteiger partial charge in [-0.3, -0.25) is 4.79 Å². The van der Waals surface area contributed by atoms with Crippen LogP contribution in [0.25, 0.3) is 0 Å². The molecule has 0 N–H and O–H groups in total. The van der Waals surface area contributed by atoms with Crippen LogP contribution in [-0.2, 0) is 12.8 Å². The van der Waals surface area contributed by atoms with Crippen molar-refractivity contribution in [3.63, 3.8) is 0 Å². The molecule has 0 unspecified atom stereocenters. The van der Waals surface area contributed by atoms with E-state index in [2.05, 4.69) is 40.1 Å². The van der Waals surface area contributed by atoms with E-state index in [1.807, 2.05) is 17.0 Å². The maximum absolute atomic E-state index is 13.2. The van der Waals surface area contributed by atoms with E-state index < -0.39 is 0 Å². The van der Waals surface area contributed by atoms with Crippen molar-refractivity contribution in [3.05, 3.63) is 59.2 Å². The number of likely N-dealkylation sites (tertiary alicyclic amines) is 1. The number of nitrogens with zero attached hydrogens (tertiary/aromatic N) is 3. The van der Waals surface area contributed by atoms with Crippen LogP contribution in [0.5, 0.6) is 5.75 Å². The monoisotopic (exact) mass is 447 g/mol. The molecule has 2 fully saturated rings. The fourth-order valence-electron chi connectivity index (χ4n) is 5.57. The Kier molecular flexibility index (Phi) is 7.15. The molecular formula is C28H37N3O2. The molecule has 5 heteroatoms. The molecule has 5 rings (SSSR count). The maximum Gasteiger partial charge on any atom is 0.254 e. The van der Waals surface area contributed by atoms with Crippen LogP contribution in [0.1, 0.15) is 53.6 Å². The largest absolute Gasteiger partial charge is 0.494 e. The summed E-state index contributed by atoms with van der Waals surface area (Å²) in [5.74, 6) is 1.16.